The Labute approximate surface area is 177 Å². The normalized spacial score (nSPS) is 21.4. The number of pyridine rings is 1. The summed E-state index contributed by atoms with van der Waals surface area (Å²) in [5, 5.41) is 21.1. The summed E-state index contributed by atoms with van der Waals surface area (Å²) in [4.78, 5) is 4.75. The zero-order valence-electron chi connectivity index (χ0n) is 18.2. The minimum Gasteiger partial charge on any atom is -0.317 e. The van der Waals surface area contributed by atoms with Gasteiger partial charge in [0.1, 0.15) is 0 Å². The smallest absolute Gasteiger partial charge is 0.0545 e. The highest BCUT2D eigenvalue weighted by Crippen LogP contribution is 1.99. The number of aromatic nitrogens is 1. The highest BCUT2D eigenvalue weighted by Gasteiger charge is 1.99. The topological polar surface area (TPSA) is 85.1 Å². The van der Waals surface area contributed by atoms with Crippen LogP contribution in [0, 0.1) is 0 Å². The lowest BCUT2D eigenvalue weighted by atomic mass is 10.3. The quantitative estimate of drug-likeness (QED) is 0.377. The molecule has 0 aromatic carbocycles. The summed E-state index contributed by atoms with van der Waals surface area (Å²) in [5.41, 5.74) is 2.25. The summed E-state index contributed by atoms with van der Waals surface area (Å²) in [7, 11) is 0. The van der Waals surface area contributed by atoms with Gasteiger partial charge in [-0.3, -0.25) is 4.98 Å². The molecule has 0 unspecified atom stereocenters. The zero-order valence-corrected chi connectivity index (χ0v) is 18.2. The largest absolute Gasteiger partial charge is 0.317 e. The summed E-state index contributed by atoms with van der Waals surface area (Å²) >= 11 is 0. The lowest BCUT2D eigenvalue weighted by molar-refractivity contribution is 0.537. The third-order valence-corrected chi connectivity index (χ3v) is 5.01. The number of nitrogens with zero attached hydrogens (tertiary/aromatic N) is 1. The van der Waals surface area contributed by atoms with Crippen LogP contribution in [-0.4, -0.2) is 70.4 Å². The van der Waals surface area contributed by atoms with E-state index in [-0.39, 0.29) is 0 Å². The van der Waals surface area contributed by atoms with E-state index in [2.05, 4.69) is 50.1 Å². The Morgan fingerprint density at radius 2 is 0.759 bits per heavy atom. The van der Waals surface area contributed by atoms with Crippen LogP contribution in [0.4, 0.5) is 0 Å². The molecule has 0 aliphatic carbocycles. The van der Waals surface area contributed by atoms with Crippen molar-refractivity contribution in [3.05, 3.63) is 29.6 Å². The van der Waals surface area contributed by atoms with Gasteiger partial charge in [-0.1, -0.05) is 6.07 Å². The Balaban J connectivity index is 1.64. The van der Waals surface area contributed by atoms with Gasteiger partial charge in [0.15, 0.2) is 0 Å². The Hall–Kier alpha value is -1.09. The monoisotopic (exact) mass is 405 g/mol. The molecule has 0 saturated heterocycles. The molecule has 0 amide bonds. The zero-order chi connectivity index (χ0) is 20.2. The van der Waals surface area contributed by atoms with Crippen molar-refractivity contribution in [1.29, 1.82) is 0 Å². The summed E-state index contributed by atoms with van der Waals surface area (Å²) in [6.07, 6.45) is 5.88. The molecule has 1 aromatic heterocycles. The molecular formula is C22H43N7. The molecule has 0 fully saturated rings. The van der Waals surface area contributed by atoms with Crippen molar-refractivity contribution >= 4 is 0 Å². The fourth-order valence-corrected chi connectivity index (χ4v) is 3.35. The van der Waals surface area contributed by atoms with Gasteiger partial charge in [-0.15, -0.1) is 0 Å². The Morgan fingerprint density at radius 1 is 0.448 bits per heavy atom. The van der Waals surface area contributed by atoms with Gasteiger partial charge in [0.05, 0.1) is 11.4 Å². The Bertz CT molecular complexity index is 459. The van der Waals surface area contributed by atoms with E-state index in [4.69, 9.17) is 4.98 Å². The van der Waals surface area contributed by atoms with Crippen LogP contribution >= 0.6 is 0 Å². The van der Waals surface area contributed by atoms with E-state index in [0.717, 1.165) is 103 Å². The van der Waals surface area contributed by atoms with Gasteiger partial charge >= 0.3 is 0 Å². The number of nitrogens with one attached hydrogen (secondary N) is 6. The van der Waals surface area contributed by atoms with Crippen molar-refractivity contribution < 1.29 is 0 Å². The summed E-state index contributed by atoms with van der Waals surface area (Å²) in [6, 6.07) is 6.33. The predicted molar refractivity (Wildman–Crippen MR) is 122 cm³/mol. The molecule has 2 bridgehead atoms. The molecule has 0 radical (unpaired) electrons. The van der Waals surface area contributed by atoms with Crippen molar-refractivity contribution in [2.24, 2.45) is 0 Å². The first-order valence-electron chi connectivity index (χ1n) is 11.6. The van der Waals surface area contributed by atoms with Crippen molar-refractivity contribution in [3.63, 3.8) is 0 Å². The van der Waals surface area contributed by atoms with Gasteiger partial charge in [0.25, 0.3) is 0 Å². The third kappa shape index (κ3) is 13.7. The SMILES string of the molecule is c1cc2nc(c1)CNCCCNCCCNCCCNCCCNCCCNC2. The molecule has 7 nitrogen and oxygen atoms in total. The first kappa shape index (κ1) is 24.2. The molecule has 0 spiro atoms. The van der Waals surface area contributed by atoms with E-state index in [0.29, 0.717) is 0 Å². The molecule has 1 aromatic rings. The van der Waals surface area contributed by atoms with Gasteiger partial charge in [-0.05, 0) is 110 Å². The van der Waals surface area contributed by atoms with Crippen LogP contribution < -0.4 is 31.9 Å². The highest BCUT2D eigenvalue weighted by atomic mass is 14.9. The number of rotatable bonds is 0. The van der Waals surface area contributed by atoms with Crippen molar-refractivity contribution in [3.8, 4) is 0 Å². The summed E-state index contributed by atoms with van der Waals surface area (Å²) in [5.74, 6) is 0. The molecule has 1 aliphatic rings. The van der Waals surface area contributed by atoms with Crippen molar-refractivity contribution in [2.75, 3.05) is 65.4 Å². The molecule has 2 heterocycles. The van der Waals surface area contributed by atoms with Crippen molar-refractivity contribution in [2.45, 2.75) is 45.2 Å². The first-order valence-corrected chi connectivity index (χ1v) is 11.6. The minimum atomic E-state index is 0.844. The fraction of sp³-hybridized carbons (Fsp3) is 0.773. The van der Waals surface area contributed by atoms with E-state index >= 15 is 0 Å². The maximum Gasteiger partial charge on any atom is 0.0545 e. The fourth-order valence-electron chi connectivity index (χ4n) is 3.35. The second-order valence-electron chi connectivity index (χ2n) is 7.74. The van der Waals surface area contributed by atoms with E-state index in [1.165, 1.54) is 19.3 Å². The lowest BCUT2D eigenvalue weighted by Gasteiger charge is -2.10. The van der Waals surface area contributed by atoms with Crippen LogP contribution in [0.2, 0.25) is 0 Å². The third-order valence-electron chi connectivity index (χ3n) is 5.01. The van der Waals surface area contributed by atoms with E-state index in [9.17, 15) is 0 Å². The molecule has 7 heteroatoms. The van der Waals surface area contributed by atoms with Gasteiger partial charge in [-0.25, -0.2) is 0 Å². The van der Waals surface area contributed by atoms with Crippen LogP contribution in [0.15, 0.2) is 18.2 Å². The van der Waals surface area contributed by atoms with Gasteiger partial charge in [0, 0.05) is 13.1 Å². The van der Waals surface area contributed by atoms with E-state index in [1.54, 1.807) is 0 Å². The van der Waals surface area contributed by atoms with Crippen molar-refractivity contribution in [1.82, 2.24) is 36.9 Å². The average Bonchev–Trinajstić information content (AvgIpc) is 2.74. The standard InChI is InChI=1S/C22H43N7/c1-7-21-19-27-17-5-15-25-13-3-11-23-9-2-10-24-12-4-14-26-16-6-18-28-20-22(8-1)29-21/h1,7-8,23-28H,2-6,9-20H2. The van der Waals surface area contributed by atoms with Crippen LogP contribution in [0.3, 0.4) is 0 Å². The first-order chi connectivity index (χ1) is 14.4. The van der Waals surface area contributed by atoms with Crippen LogP contribution in [0.1, 0.15) is 43.5 Å². The molecule has 29 heavy (non-hydrogen) atoms. The molecule has 1 aliphatic heterocycles. The lowest BCUT2D eigenvalue weighted by Crippen LogP contribution is -2.28. The van der Waals surface area contributed by atoms with E-state index < -0.39 is 0 Å². The second kappa shape index (κ2) is 17.7. The molecular weight excluding hydrogens is 362 g/mol. The summed E-state index contributed by atoms with van der Waals surface area (Å²) in [6.45, 7) is 12.5. The van der Waals surface area contributed by atoms with Gasteiger partial charge < -0.3 is 31.9 Å². The molecule has 0 saturated carbocycles. The highest BCUT2D eigenvalue weighted by molar-refractivity contribution is 5.11. The maximum atomic E-state index is 4.75. The van der Waals surface area contributed by atoms with Crippen LogP contribution in [0.5, 0.6) is 0 Å². The molecule has 6 N–H and O–H groups in total. The maximum absolute atomic E-state index is 4.75. The van der Waals surface area contributed by atoms with E-state index in [1.807, 2.05) is 0 Å². The Morgan fingerprint density at radius 3 is 1.10 bits per heavy atom. The molecule has 2 rings (SSSR count). The Kier molecular flexibility index (Phi) is 14.8. The summed E-state index contributed by atoms with van der Waals surface area (Å²) < 4.78 is 0. The van der Waals surface area contributed by atoms with Gasteiger partial charge in [-0.2, -0.15) is 0 Å². The van der Waals surface area contributed by atoms with Crippen LogP contribution in [0.25, 0.3) is 0 Å². The van der Waals surface area contributed by atoms with Gasteiger partial charge in [0.2, 0.25) is 0 Å². The predicted octanol–water partition coefficient (Wildman–Crippen LogP) is 0.583. The molecule has 0 atom stereocenters. The average molecular weight is 406 g/mol. The number of hydrogen-bond donors (Lipinski definition) is 6. The second-order valence-corrected chi connectivity index (χ2v) is 7.74. The molecule has 166 valence electrons. The number of hydrogen-bond acceptors (Lipinski definition) is 7. The van der Waals surface area contributed by atoms with Crippen LogP contribution in [-0.2, 0) is 13.1 Å². The minimum absolute atomic E-state index is 0.844. The number of fused-ring (bicyclic) bond motifs is 2.